The molecule has 2 rings (SSSR count). The Morgan fingerprint density at radius 2 is 1.83 bits per heavy atom. The van der Waals surface area contributed by atoms with Gasteiger partial charge in [-0.15, -0.1) is 24.0 Å². The molecule has 0 spiro atoms. The van der Waals surface area contributed by atoms with Crippen LogP contribution in [0.2, 0.25) is 0 Å². The number of guanidine groups is 1. The lowest BCUT2D eigenvalue weighted by Crippen LogP contribution is -2.52. The van der Waals surface area contributed by atoms with Crippen molar-refractivity contribution in [3.63, 3.8) is 0 Å². The molecule has 7 nitrogen and oxygen atoms in total. The minimum absolute atomic E-state index is 0. The molecule has 0 unspecified atom stereocenters. The maximum Gasteiger partial charge on any atom is 0.191 e. The Morgan fingerprint density at radius 1 is 1.14 bits per heavy atom. The molecule has 0 bridgehead atoms. The average molecular weight is 520 g/mol. The summed E-state index contributed by atoms with van der Waals surface area (Å²) in [7, 11) is 3.31. The van der Waals surface area contributed by atoms with Crippen molar-refractivity contribution in [1.29, 1.82) is 0 Å². The first-order chi connectivity index (χ1) is 13.5. The van der Waals surface area contributed by atoms with Crippen LogP contribution in [-0.4, -0.2) is 76.6 Å². The van der Waals surface area contributed by atoms with Gasteiger partial charge in [0.25, 0.3) is 0 Å². The van der Waals surface area contributed by atoms with Crippen LogP contribution >= 0.6 is 24.0 Å². The summed E-state index contributed by atoms with van der Waals surface area (Å²) in [6.45, 7) is 12.5. The number of hydrogen-bond acceptors (Lipinski definition) is 5. The van der Waals surface area contributed by atoms with E-state index in [1.807, 2.05) is 12.1 Å². The first kappa shape index (κ1) is 25.8. The zero-order valence-corrected chi connectivity index (χ0v) is 20.7. The smallest absolute Gasteiger partial charge is 0.191 e. The zero-order valence-electron chi connectivity index (χ0n) is 18.4. The number of morpholine rings is 1. The highest BCUT2D eigenvalue weighted by molar-refractivity contribution is 14.0. The molecule has 1 fully saturated rings. The first-order valence-corrected chi connectivity index (χ1v) is 10.1. The summed E-state index contributed by atoms with van der Waals surface area (Å²) < 4.78 is 16.1. The lowest BCUT2D eigenvalue weighted by Gasteiger charge is -2.39. The highest BCUT2D eigenvalue weighted by atomic mass is 127. The average Bonchev–Trinajstić information content (AvgIpc) is 2.72. The molecule has 1 heterocycles. The quantitative estimate of drug-likeness (QED) is 0.297. The molecule has 166 valence electrons. The van der Waals surface area contributed by atoms with E-state index in [0.717, 1.165) is 69.8 Å². The molecule has 1 aromatic rings. The lowest BCUT2D eigenvalue weighted by molar-refractivity contribution is -0.00683. The number of aliphatic imine (C=N–C) groups is 1. The van der Waals surface area contributed by atoms with E-state index in [0.29, 0.717) is 0 Å². The molecule has 8 heteroatoms. The number of nitrogens with one attached hydrogen (secondary N) is 2. The van der Waals surface area contributed by atoms with Gasteiger partial charge in [0, 0.05) is 31.7 Å². The molecular weight excluding hydrogens is 483 g/mol. The summed E-state index contributed by atoms with van der Waals surface area (Å²) in [6, 6.07) is 6.03. The van der Waals surface area contributed by atoms with Crippen molar-refractivity contribution in [1.82, 2.24) is 15.5 Å². The van der Waals surface area contributed by atoms with Crippen LogP contribution < -0.4 is 20.1 Å². The number of benzene rings is 1. The van der Waals surface area contributed by atoms with Crippen LogP contribution in [0.5, 0.6) is 11.5 Å². The fourth-order valence-corrected chi connectivity index (χ4v) is 3.24. The molecule has 0 radical (unpaired) electrons. The summed E-state index contributed by atoms with van der Waals surface area (Å²) >= 11 is 0. The zero-order chi connectivity index (χ0) is 20.4. The van der Waals surface area contributed by atoms with Crippen molar-refractivity contribution in [2.75, 3.05) is 60.2 Å². The number of nitrogens with zero attached hydrogens (tertiary/aromatic N) is 2. The molecule has 0 amide bonds. The van der Waals surface area contributed by atoms with Crippen molar-refractivity contribution in [3.05, 3.63) is 23.8 Å². The van der Waals surface area contributed by atoms with Crippen LogP contribution in [0.1, 0.15) is 26.3 Å². The third kappa shape index (κ3) is 8.18. The molecule has 2 N–H and O–H groups in total. The van der Waals surface area contributed by atoms with Gasteiger partial charge in [-0.05, 0) is 44.9 Å². The van der Waals surface area contributed by atoms with Gasteiger partial charge in [-0.25, -0.2) is 0 Å². The van der Waals surface area contributed by atoms with Gasteiger partial charge in [-0.2, -0.15) is 0 Å². The van der Waals surface area contributed by atoms with E-state index < -0.39 is 0 Å². The van der Waals surface area contributed by atoms with Gasteiger partial charge < -0.3 is 24.8 Å². The van der Waals surface area contributed by atoms with Crippen LogP contribution in [0.4, 0.5) is 0 Å². The van der Waals surface area contributed by atoms with Gasteiger partial charge in [0.2, 0.25) is 0 Å². The van der Waals surface area contributed by atoms with E-state index in [2.05, 4.69) is 42.4 Å². The van der Waals surface area contributed by atoms with E-state index in [1.165, 1.54) is 5.56 Å². The number of halogens is 1. The molecular formula is C21H37IN4O3. The van der Waals surface area contributed by atoms with Crippen LogP contribution in [0, 0.1) is 0 Å². The van der Waals surface area contributed by atoms with Crippen molar-refractivity contribution in [2.45, 2.75) is 32.7 Å². The highest BCUT2D eigenvalue weighted by Gasteiger charge is 2.28. The molecule has 1 aliphatic rings. The Balaban J connectivity index is 0.00000420. The minimum atomic E-state index is 0. The van der Waals surface area contributed by atoms with Crippen LogP contribution in [0.15, 0.2) is 23.2 Å². The third-order valence-electron chi connectivity index (χ3n) is 4.99. The van der Waals surface area contributed by atoms with Crippen molar-refractivity contribution in [2.24, 2.45) is 4.99 Å². The van der Waals surface area contributed by atoms with Crippen LogP contribution in [0.25, 0.3) is 0 Å². The van der Waals surface area contributed by atoms with Gasteiger partial charge in [0.1, 0.15) is 0 Å². The van der Waals surface area contributed by atoms with Crippen molar-refractivity contribution >= 4 is 29.9 Å². The van der Waals surface area contributed by atoms with Gasteiger partial charge in [0.05, 0.1) is 34.0 Å². The fourth-order valence-electron chi connectivity index (χ4n) is 3.24. The summed E-state index contributed by atoms with van der Waals surface area (Å²) in [5.74, 6) is 2.36. The minimum Gasteiger partial charge on any atom is -0.493 e. The SMILES string of the molecule is CCNC(=NCC(C)(C)N1CCOCC1)NCCc1ccc(OC)c(OC)c1.I. The number of ether oxygens (including phenoxy) is 3. The van der Waals surface area contributed by atoms with E-state index >= 15 is 0 Å². The molecule has 0 atom stereocenters. The van der Waals surface area contributed by atoms with E-state index in [1.54, 1.807) is 14.2 Å². The summed E-state index contributed by atoms with van der Waals surface area (Å²) in [5, 5.41) is 6.77. The Hall–Kier alpha value is -1.26. The molecule has 0 aliphatic carbocycles. The first-order valence-electron chi connectivity index (χ1n) is 10.1. The Bertz CT molecular complexity index is 634. The monoisotopic (exact) mass is 520 g/mol. The van der Waals surface area contributed by atoms with Gasteiger partial charge in [0.15, 0.2) is 17.5 Å². The van der Waals surface area contributed by atoms with Gasteiger partial charge >= 0.3 is 0 Å². The normalized spacial score (nSPS) is 15.4. The van der Waals surface area contributed by atoms with E-state index in [4.69, 9.17) is 19.2 Å². The Morgan fingerprint density at radius 3 is 2.45 bits per heavy atom. The predicted molar refractivity (Wildman–Crippen MR) is 129 cm³/mol. The fraction of sp³-hybridized carbons (Fsp3) is 0.667. The third-order valence-corrected chi connectivity index (χ3v) is 4.99. The largest absolute Gasteiger partial charge is 0.493 e. The van der Waals surface area contributed by atoms with Crippen LogP contribution in [0.3, 0.4) is 0 Å². The van der Waals surface area contributed by atoms with E-state index in [-0.39, 0.29) is 29.5 Å². The van der Waals surface area contributed by atoms with Gasteiger partial charge in [-0.1, -0.05) is 6.07 Å². The van der Waals surface area contributed by atoms with E-state index in [9.17, 15) is 0 Å². The molecule has 1 saturated heterocycles. The van der Waals surface area contributed by atoms with Crippen molar-refractivity contribution < 1.29 is 14.2 Å². The Kier molecular flexibility index (Phi) is 11.7. The summed E-state index contributed by atoms with van der Waals surface area (Å²) in [5.41, 5.74) is 1.20. The number of rotatable bonds is 9. The second-order valence-electron chi connectivity index (χ2n) is 7.47. The molecule has 0 saturated carbocycles. The molecule has 0 aromatic heterocycles. The second kappa shape index (κ2) is 13.1. The summed E-state index contributed by atoms with van der Waals surface area (Å²) in [4.78, 5) is 7.27. The second-order valence-corrected chi connectivity index (χ2v) is 7.47. The predicted octanol–water partition coefficient (Wildman–Crippen LogP) is 2.53. The number of hydrogen-bond donors (Lipinski definition) is 2. The molecule has 1 aromatic carbocycles. The Labute approximate surface area is 192 Å². The number of methoxy groups -OCH3 is 2. The topological polar surface area (TPSA) is 67.4 Å². The van der Waals surface area contributed by atoms with Gasteiger partial charge in [-0.3, -0.25) is 9.89 Å². The maximum atomic E-state index is 5.47. The van der Waals surface area contributed by atoms with Crippen LogP contribution in [-0.2, 0) is 11.2 Å². The maximum absolute atomic E-state index is 5.47. The molecule has 1 aliphatic heterocycles. The standard InChI is InChI=1S/C21H36N4O3.HI/c1-6-22-20(24-16-21(2,3)25-11-13-28-14-12-25)23-10-9-17-7-8-18(26-4)19(15-17)27-5;/h7-8,15H,6,9-14,16H2,1-5H3,(H2,22,23,24);1H. The lowest BCUT2D eigenvalue weighted by atomic mass is 10.0. The van der Waals surface area contributed by atoms with Crippen molar-refractivity contribution in [3.8, 4) is 11.5 Å². The summed E-state index contributed by atoms with van der Waals surface area (Å²) in [6.07, 6.45) is 0.873. The molecule has 29 heavy (non-hydrogen) atoms. The highest BCUT2D eigenvalue weighted by Crippen LogP contribution is 2.27.